The van der Waals surface area contributed by atoms with E-state index in [-0.39, 0.29) is 11.4 Å². The summed E-state index contributed by atoms with van der Waals surface area (Å²) in [6, 6.07) is 0. The maximum atomic E-state index is 8.55. The summed E-state index contributed by atoms with van der Waals surface area (Å²) in [6.45, 7) is 3.87. The number of alkyl halides is 2. The zero-order chi connectivity index (χ0) is 7.70. The van der Waals surface area contributed by atoms with Crippen molar-refractivity contribution in [3.63, 3.8) is 0 Å². The molecule has 9 heavy (non-hydrogen) atoms. The molecule has 0 aliphatic carbocycles. The lowest BCUT2D eigenvalue weighted by Crippen LogP contribution is -1.95. The Morgan fingerprint density at radius 1 is 1.44 bits per heavy atom. The largest absolute Gasteiger partial charge is 0.393 e. The molecule has 3 heteroatoms. The standard InChI is InChI=1S/C5H12O.CH2Cl2/c1-3-4-5(2)6;2-1-3/h5-6H,3-4H2,1-2H3;1H2. The van der Waals surface area contributed by atoms with Crippen LogP contribution >= 0.6 is 23.2 Å². The Morgan fingerprint density at radius 3 is 1.78 bits per heavy atom. The van der Waals surface area contributed by atoms with Crippen molar-refractivity contribution >= 4 is 23.2 Å². The van der Waals surface area contributed by atoms with Crippen LogP contribution in [0.15, 0.2) is 0 Å². The zero-order valence-corrected chi connectivity index (χ0v) is 7.41. The average molecular weight is 173 g/mol. The van der Waals surface area contributed by atoms with Gasteiger partial charge >= 0.3 is 0 Å². The summed E-state index contributed by atoms with van der Waals surface area (Å²) >= 11 is 9.53. The molecule has 1 nitrogen and oxygen atoms in total. The van der Waals surface area contributed by atoms with Crippen LogP contribution in [0.1, 0.15) is 26.7 Å². The molecule has 0 amide bonds. The van der Waals surface area contributed by atoms with Gasteiger partial charge < -0.3 is 5.11 Å². The van der Waals surface area contributed by atoms with Crippen LogP contribution in [0, 0.1) is 0 Å². The summed E-state index contributed by atoms with van der Waals surface area (Å²) in [5.41, 5.74) is 0. The van der Waals surface area contributed by atoms with Gasteiger partial charge in [-0.3, -0.25) is 0 Å². The Hall–Kier alpha value is 0.540. The highest BCUT2D eigenvalue weighted by molar-refractivity contribution is 6.40. The molecule has 0 aliphatic rings. The third-order valence-corrected chi connectivity index (χ3v) is 0.706. The first kappa shape index (κ1) is 12.2. The lowest BCUT2D eigenvalue weighted by atomic mass is 10.2. The Bertz CT molecular complexity index is 40.0. The second-order valence-electron chi connectivity index (χ2n) is 1.74. The van der Waals surface area contributed by atoms with Gasteiger partial charge in [0.05, 0.1) is 11.4 Å². The highest BCUT2D eigenvalue weighted by Gasteiger charge is 1.87. The number of halogens is 2. The first-order chi connectivity index (χ1) is 4.18. The van der Waals surface area contributed by atoms with E-state index in [0.717, 1.165) is 12.8 Å². The van der Waals surface area contributed by atoms with Crippen molar-refractivity contribution in [1.29, 1.82) is 0 Å². The maximum absolute atomic E-state index is 8.55. The molecule has 58 valence electrons. The van der Waals surface area contributed by atoms with Crippen molar-refractivity contribution in [1.82, 2.24) is 0 Å². The molecular weight excluding hydrogens is 159 g/mol. The Labute approximate surface area is 67.0 Å². The van der Waals surface area contributed by atoms with Crippen molar-refractivity contribution in [3.05, 3.63) is 0 Å². The second-order valence-corrected chi connectivity index (χ2v) is 2.55. The summed E-state index contributed by atoms with van der Waals surface area (Å²) in [5.74, 6) is 0. The Kier molecular flexibility index (Phi) is 15.4. The third kappa shape index (κ3) is 29.1. The minimum absolute atomic E-state index is 0.102. The van der Waals surface area contributed by atoms with E-state index >= 15 is 0 Å². The number of hydrogen-bond donors (Lipinski definition) is 1. The Balaban J connectivity index is 0. The predicted octanol–water partition coefficient (Wildman–Crippen LogP) is 2.59. The van der Waals surface area contributed by atoms with Crippen LogP contribution in [-0.4, -0.2) is 16.5 Å². The average Bonchev–Trinajstić information content (AvgIpc) is 1.67. The lowest BCUT2D eigenvalue weighted by Gasteiger charge is -1.95. The molecule has 0 aliphatic heterocycles. The molecule has 0 saturated heterocycles. The van der Waals surface area contributed by atoms with Crippen molar-refractivity contribution in [2.45, 2.75) is 32.8 Å². The smallest absolute Gasteiger partial charge is 0.0967 e. The van der Waals surface area contributed by atoms with Gasteiger partial charge in [-0.05, 0) is 13.3 Å². The molecule has 0 radical (unpaired) electrons. The van der Waals surface area contributed by atoms with Gasteiger partial charge in [0.15, 0.2) is 0 Å². The summed E-state index contributed by atoms with van der Waals surface area (Å²) in [5, 5.41) is 8.75. The van der Waals surface area contributed by atoms with Gasteiger partial charge in [0, 0.05) is 0 Å². The Morgan fingerprint density at radius 2 is 1.78 bits per heavy atom. The van der Waals surface area contributed by atoms with E-state index in [1.54, 1.807) is 0 Å². The molecular formula is C6H14Cl2O. The summed E-state index contributed by atoms with van der Waals surface area (Å²) in [7, 11) is 0. The first-order valence-electron chi connectivity index (χ1n) is 2.99. The van der Waals surface area contributed by atoms with Crippen LogP contribution in [0.4, 0.5) is 0 Å². The number of aliphatic hydroxyl groups is 1. The van der Waals surface area contributed by atoms with E-state index in [0.29, 0.717) is 0 Å². The molecule has 1 atom stereocenters. The molecule has 0 aromatic heterocycles. The van der Waals surface area contributed by atoms with E-state index in [9.17, 15) is 0 Å². The minimum Gasteiger partial charge on any atom is -0.393 e. The monoisotopic (exact) mass is 172 g/mol. The van der Waals surface area contributed by atoms with Crippen LogP contribution in [0.2, 0.25) is 0 Å². The van der Waals surface area contributed by atoms with E-state index < -0.39 is 0 Å². The topological polar surface area (TPSA) is 20.2 Å². The molecule has 1 N–H and O–H groups in total. The van der Waals surface area contributed by atoms with Gasteiger partial charge in [-0.25, -0.2) is 0 Å². The van der Waals surface area contributed by atoms with Crippen molar-refractivity contribution < 1.29 is 5.11 Å². The van der Waals surface area contributed by atoms with Gasteiger partial charge in [-0.15, -0.1) is 23.2 Å². The SMILES string of the molecule is CCCC(C)O.ClCCl. The number of rotatable bonds is 2. The van der Waals surface area contributed by atoms with Crippen LogP contribution < -0.4 is 0 Å². The molecule has 0 fully saturated rings. The van der Waals surface area contributed by atoms with Gasteiger partial charge in [-0.1, -0.05) is 13.3 Å². The third-order valence-electron chi connectivity index (χ3n) is 0.706. The van der Waals surface area contributed by atoms with E-state index in [2.05, 4.69) is 6.92 Å². The first-order valence-corrected chi connectivity index (χ1v) is 4.05. The molecule has 0 spiro atoms. The highest BCUT2D eigenvalue weighted by atomic mass is 35.5. The molecule has 0 heterocycles. The molecule has 1 unspecified atom stereocenters. The van der Waals surface area contributed by atoms with Crippen LogP contribution in [0.25, 0.3) is 0 Å². The van der Waals surface area contributed by atoms with Gasteiger partial charge in [0.2, 0.25) is 0 Å². The van der Waals surface area contributed by atoms with Gasteiger partial charge in [-0.2, -0.15) is 0 Å². The van der Waals surface area contributed by atoms with Crippen molar-refractivity contribution in [2.75, 3.05) is 5.34 Å². The lowest BCUT2D eigenvalue weighted by molar-refractivity contribution is 0.183. The summed E-state index contributed by atoms with van der Waals surface area (Å²) in [4.78, 5) is 0. The van der Waals surface area contributed by atoms with Crippen molar-refractivity contribution in [3.8, 4) is 0 Å². The fourth-order valence-corrected chi connectivity index (χ4v) is 0.418. The minimum atomic E-state index is -0.102. The molecule has 0 aromatic carbocycles. The normalized spacial score (nSPS) is 11.7. The van der Waals surface area contributed by atoms with E-state index in [1.165, 1.54) is 0 Å². The molecule has 0 rings (SSSR count). The zero-order valence-electron chi connectivity index (χ0n) is 5.90. The van der Waals surface area contributed by atoms with E-state index in [4.69, 9.17) is 28.3 Å². The van der Waals surface area contributed by atoms with Crippen LogP contribution in [0.5, 0.6) is 0 Å². The predicted molar refractivity (Wildman–Crippen MR) is 43.2 cm³/mol. The molecule has 0 bridgehead atoms. The van der Waals surface area contributed by atoms with Gasteiger partial charge in [0.25, 0.3) is 0 Å². The van der Waals surface area contributed by atoms with E-state index in [1.807, 2.05) is 6.92 Å². The quantitative estimate of drug-likeness (QED) is 0.636. The van der Waals surface area contributed by atoms with Crippen LogP contribution in [-0.2, 0) is 0 Å². The van der Waals surface area contributed by atoms with Crippen molar-refractivity contribution in [2.24, 2.45) is 0 Å². The second kappa shape index (κ2) is 11.4. The fourth-order valence-electron chi connectivity index (χ4n) is 0.418. The number of hydrogen-bond acceptors (Lipinski definition) is 1. The molecule has 0 saturated carbocycles. The highest BCUT2D eigenvalue weighted by Crippen LogP contribution is 1.91. The number of aliphatic hydroxyl groups excluding tert-OH is 1. The van der Waals surface area contributed by atoms with Gasteiger partial charge in [0.1, 0.15) is 0 Å². The van der Waals surface area contributed by atoms with Crippen LogP contribution in [0.3, 0.4) is 0 Å². The molecule has 0 aromatic rings. The summed E-state index contributed by atoms with van der Waals surface area (Å²) in [6.07, 6.45) is 1.91. The maximum Gasteiger partial charge on any atom is 0.0967 e. The fraction of sp³-hybridized carbons (Fsp3) is 1.00. The summed E-state index contributed by atoms with van der Waals surface area (Å²) < 4.78 is 0.